The van der Waals surface area contributed by atoms with Gasteiger partial charge in [-0.15, -0.1) is 0 Å². The smallest absolute Gasteiger partial charge is 0.229 e. The number of amides is 1. The van der Waals surface area contributed by atoms with Crippen LogP contribution >= 0.6 is 0 Å². The Bertz CT molecular complexity index is 865. The van der Waals surface area contributed by atoms with E-state index in [0.29, 0.717) is 11.3 Å². The van der Waals surface area contributed by atoms with E-state index in [1.807, 2.05) is 32.0 Å². The van der Waals surface area contributed by atoms with E-state index in [4.69, 9.17) is 9.47 Å². The normalized spacial score (nSPS) is 26.3. The molecule has 2 aromatic carbocycles. The molecule has 1 saturated heterocycles. The molecule has 1 aliphatic heterocycles. The summed E-state index contributed by atoms with van der Waals surface area (Å²) in [5.74, 6) is 0.0516. The molecule has 8 heteroatoms. The predicted octanol–water partition coefficient (Wildman–Crippen LogP) is 0.663. The number of anilines is 1. The van der Waals surface area contributed by atoms with E-state index in [1.54, 1.807) is 24.3 Å². The van der Waals surface area contributed by atoms with Gasteiger partial charge in [-0.1, -0.05) is 36.4 Å². The van der Waals surface area contributed by atoms with Crippen molar-refractivity contribution in [1.82, 2.24) is 0 Å². The second-order valence-corrected chi connectivity index (χ2v) is 7.41. The number of carbonyl (C=O) groups is 1. The Kier molecular flexibility index (Phi) is 7.06. The van der Waals surface area contributed by atoms with Crippen molar-refractivity contribution in [2.75, 3.05) is 11.9 Å². The van der Waals surface area contributed by atoms with Crippen LogP contribution in [0.1, 0.15) is 16.7 Å². The first-order valence-electron chi connectivity index (χ1n) is 9.73. The van der Waals surface area contributed by atoms with Gasteiger partial charge < -0.3 is 35.2 Å². The number of rotatable bonds is 6. The fourth-order valence-electron chi connectivity index (χ4n) is 3.42. The highest BCUT2D eigenvalue weighted by Crippen LogP contribution is 2.27. The summed E-state index contributed by atoms with van der Waals surface area (Å²) >= 11 is 0. The van der Waals surface area contributed by atoms with Crippen LogP contribution in [-0.2, 0) is 16.0 Å². The lowest BCUT2D eigenvalue weighted by molar-refractivity contribution is -0.277. The van der Waals surface area contributed by atoms with E-state index in [-0.39, 0.29) is 12.3 Å². The number of aliphatic hydroxyl groups is 4. The molecule has 0 bridgehead atoms. The molecule has 0 saturated carbocycles. The van der Waals surface area contributed by atoms with Gasteiger partial charge >= 0.3 is 0 Å². The standard InChI is InChI=1S/C22H27NO7/c1-12-6-5-7-13(2)18(12)23-17(25)10-14-8-3-4-9-15(14)29-22-21(28)20(27)19(26)16(11-24)30-22/h3-9,16,19-22,24,26-28H,10-11H2,1-2H3,(H,23,25). The van der Waals surface area contributed by atoms with Crippen LogP contribution in [0.3, 0.4) is 0 Å². The highest BCUT2D eigenvalue weighted by atomic mass is 16.7. The van der Waals surface area contributed by atoms with Gasteiger partial charge in [-0.05, 0) is 31.0 Å². The van der Waals surface area contributed by atoms with Crippen molar-refractivity contribution in [3.05, 3.63) is 59.2 Å². The Morgan fingerprint density at radius 3 is 2.33 bits per heavy atom. The minimum absolute atomic E-state index is 0.0152. The zero-order valence-electron chi connectivity index (χ0n) is 16.9. The van der Waals surface area contributed by atoms with Crippen molar-refractivity contribution in [2.24, 2.45) is 0 Å². The van der Waals surface area contributed by atoms with Gasteiger partial charge in [0.15, 0.2) is 0 Å². The fraction of sp³-hybridized carbons (Fsp3) is 0.409. The number of para-hydroxylation sites is 2. The summed E-state index contributed by atoms with van der Waals surface area (Å²) in [7, 11) is 0. The summed E-state index contributed by atoms with van der Waals surface area (Å²) in [4.78, 5) is 12.6. The minimum Gasteiger partial charge on any atom is -0.462 e. The number of hydrogen-bond acceptors (Lipinski definition) is 7. The molecule has 1 aliphatic rings. The number of nitrogens with one attached hydrogen (secondary N) is 1. The summed E-state index contributed by atoms with van der Waals surface area (Å²) in [5, 5.41) is 42.3. The zero-order valence-corrected chi connectivity index (χ0v) is 16.9. The van der Waals surface area contributed by atoms with E-state index in [1.165, 1.54) is 0 Å². The van der Waals surface area contributed by atoms with E-state index in [0.717, 1.165) is 16.8 Å². The average Bonchev–Trinajstić information content (AvgIpc) is 2.72. The van der Waals surface area contributed by atoms with Gasteiger partial charge in [-0.3, -0.25) is 4.79 Å². The van der Waals surface area contributed by atoms with E-state index >= 15 is 0 Å². The Labute approximate surface area is 174 Å². The maximum Gasteiger partial charge on any atom is 0.229 e. The maximum atomic E-state index is 12.6. The van der Waals surface area contributed by atoms with Gasteiger partial charge in [-0.25, -0.2) is 0 Å². The van der Waals surface area contributed by atoms with Gasteiger partial charge in [0.1, 0.15) is 30.2 Å². The quantitative estimate of drug-likeness (QED) is 0.467. The second kappa shape index (κ2) is 9.55. The van der Waals surface area contributed by atoms with Crippen molar-refractivity contribution >= 4 is 11.6 Å². The van der Waals surface area contributed by atoms with Crippen molar-refractivity contribution in [3.63, 3.8) is 0 Å². The third kappa shape index (κ3) is 4.80. The monoisotopic (exact) mass is 417 g/mol. The van der Waals surface area contributed by atoms with Crippen molar-refractivity contribution < 1.29 is 34.7 Å². The number of hydrogen-bond donors (Lipinski definition) is 5. The molecule has 0 aromatic heterocycles. The van der Waals surface area contributed by atoms with Gasteiger partial charge in [0.25, 0.3) is 0 Å². The molecular formula is C22H27NO7. The zero-order chi connectivity index (χ0) is 21.8. The van der Waals surface area contributed by atoms with Crippen LogP contribution < -0.4 is 10.1 Å². The molecule has 0 spiro atoms. The summed E-state index contributed by atoms with van der Waals surface area (Å²) in [5.41, 5.74) is 3.22. The molecular weight excluding hydrogens is 390 g/mol. The number of aryl methyl sites for hydroxylation is 2. The van der Waals surface area contributed by atoms with Crippen LogP contribution in [-0.4, -0.2) is 63.6 Å². The topological polar surface area (TPSA) is 128 Å². The van der Waals surface area contributed by atoms with E-state index in [9.17, 15) is 25.2 Å². The Hall–Kier alpha value is -2.49. The van der Waals surface area contributed by atoms with Crippen molar-refractivity contribution in [3.8, 4) is 5.75 Å². The van der Waals surface area contributed by atoms with Crippen molar-refractivity contribution in [2.45, 2.75) is 51.0 Å². The van der Waals surface area contributed by atoms with Gasteiger partial charge in [-0.2, -0.15) is 0 Å². The number of benzene rings is 2. The lowest BCUT2D eigenvalue weighted by atomic mass is 9.99. The third-order valence-corrected chi connectivity index (χ3v) is 5.16. The molecule has 30 heavy (non-hydrogen) atoms. The fourth-order valence-corrected chi connectivity index (χ4v) is 3.42. The van der Waals surface area contributed by atoms with Crippen LogP contribution in [0.25, 0.3) is 0 Å². The van der Waals surface area contributed by atoms with Crippen LogP contribution in [0.15, 0.2) is 42.5 Å². The number of aliphatic hydroxyl groups excluding tert-OH is 4. The van der Waals surface area contributed by atoms with Crippen LogP contribution in [0.5, 0.6) is 5.75 Å². The summed E-state index contributed by atoms with van der Waals surface area (Å²) in [6, 6.07) is 12.5. The molecule has 0 aliphatic carbocycles. The van der Waals surface area contributed by atoms with Crippen molar-refractivity contribution in [1.29, 1.82) is 0 Å². The Balaban J connectivity index is 1.74. The summed E-state index contributed by atoms with van der Waals surface area (Å²) in [6.07, 6.45) is -6.92. The molecule has 5 unspecified atom stereocenters. The molecule has 1 heterocycles. The first-order chi connectivity index (χ1) is 14.3. The lowest BCUT2D eigenvalue weighted by Gasteiger charge is -2.39. The summed E-state index contributed by atoms with van der Waals surface area (Å²) in [6.45, 7) is 3.28. The molecule has 1 fully saturated rings. The van der Waals surface area contributed by atoms with E-state index < -0.39 is 37.3 Å². The highest BCUT2D eigenvalue weighted by molar-refractivity contribution is 5.94. The molecule has 5 atom stereocenters. The molecule has 5 N–H and O–H groups in total. The largest absolute Gasteiger partial charge is 0.462 e. The highest BCUT2D eigenvalue weighted by Gasteiger charge is 2.44. The summed E-state index contributed by atoms with van der Waals surface area (Å²) < 4.78 is 11.1. The molecule has 3 rings (SSSR count). The lowest BCUT2D eigenvalue weighted by Crippen LogP contribution is -2.60. The van der Waals surface area contributed by atoms with Crippen LogP contribution in [0.2, 0.25) is 0 Å². The van der Waals surface area contributed by atoms with Gasteiger partial charge in [0.05, 0.1) is 13.0 Å². The van der Waals surface area contributed by atoms with Crippen LogP contribution in [0, 0.1) is 13.8 Å². The minimum atomic E-state index is -1.54. The van der Waals surface area contributed by atoms with E-state index in [2.05, 4.69) is 5.32 Å². The third-order valence-electron chi connectivity index (χ3n) is 5.16. The number of carbonyl (C=O) groups excluding carboxylic acids is 1. The average molecular weight is 417 g/mol. The maximum absolute atomic E-state index is 12.6. The Morgan fingerprint density at radius 2 is 1.67 bits per heavy atom. The second-order valence-electron chi connectivity index (χ2n) is 7.41. The van der Waals surface area contributed by atoms with Crippen LogP contribution in [0.4, 0.5) is 5.69 Å². The van der Waals surface area contributed by atoms with Gasteiger partial charge in [0.2, 0.25) is 12.2 Å². The predicted molar refractivity (Wildman–Crippen MR) is 109 cm³/mol. The number of ether oxygens (including phenoxy) is 2. The molecule has 1 amide bonds. The molecule has 162 valence electrons. The van der Waals surface area contributed by atoms with Gasteiger partial charge in [0, 0.05) is 11.3 Å². The first-order valence-corrected chi connectivity index (χ1v) is 9.73. The Morgan fingerprint density at radius 1 is 1.00 bits per heavy atom. The molecule has 8 nitrogen and oxygen atoms in total. The first kappa shape index (κ1) is 22.2. The molecule has 2 aromatic rings. The SMILES string of the molecule is Cc1cccc(C)c1NC(=O)Cc1ccccc1OC1OC(CO)C(O)C(O)C1O. The molecule has 0 radical (unpaired) electrons.